The molecule has 3 rings (SSSR count). The van der Waals surface area contributed by atoms with Gasteiger partial charge in [0.15, 0.2) is 11.5 Å². The highest BCUT2D eigenvalue weighted by atomic mass is 35.5. The first-order valence-corrected chi connectivity index (χ1v) is 9.07. The van der Waals surface area contributed by atoms with Gasteiger partial charge in [-0.1, -0.05) is 0 Å². The van der Waals surface area contributed by atoms with Crippen LogP contribution < -0.4 is 19.9 Å². The van der Waals surface area contributed by atoms with Gasteiger partial charge in [-0.3, -0.25) is 0 Å². The van der Waals surface area contributed by atoms with Gasteiger partial charge in [0.25, 0.3) is 0 Å². The molecule has 0 radical (unpaired) electrons. The van der Waals surface area contributed by atoms with Crippen LogP contribution in [0.1, 0.15) is 26.2 Å². The topological polar surface area (TPSA) is 90.7 Å². The highest BCUT2D eigenvalue weighted by Crippen LogP contribution is 2.40. The van der Waals surface area contributed by atoms with Crippen molar-refractivity contribution in [2.24, 2.45) is 11.7 Å². The monoisotopic (exact) mass is 362 g/mol. The molecule has 1 aliphatic carbocycles. The fourth-order valence-corrected chi connectivity index (χ4v) is 4.18. The van der Waals surface area contributed by atoms with Crippen LogP contribution in [0.4, 0.5) is 0 Å². The second kappa shape index (κ2) is 6.84. The molecule has 1 aromatic rings. The van der Waals surface area contributed by atoms with Crippen molar-refractivity contribution in [1.82, 2.24) is 4.72 Å². The van der Waals surface area contributed by atoms with Crippen molar-refractivity contribution in [3.05, 3.63) is 18.2 Å². The van der Waals surface area contributed by atoms with Crippen LogP contribution in [0.2, 0.25) is 0 Å². The maximum atomic E-state index is 12.6. The van der Waals surface area contributed by atoms with Crippen molar-refractivity contribution in [3.8, 4) is 11.5 Å². The molecule has 8 heteroatoms. The molecule has 1 unspecified atom stereocenters. The molecule has 130 valence electrons. The minimum atomic E-state index is -3.65. The molecular formula is C15H23ClN2O4S. The van der Waals surface area contributed by atoms with Crippen LogP contribution in [0.25, 0.3) is 0 Å². The van der Waals surface area contributed by atoms with E-state index in [2.05, 4.69) is 4.72 Å². The largest absolute Gasteiger partial charge is 0.490 e. The van der Waals surface area contributed by atoms with Crippen LogP contribution in [0.3, 0.4) is 0 Å². The van der Waals surface area contributed by atoms with Gasteiger partial charge in [0, 0.05) is 24.6 Å². The lowest BCUT2D eigenvalue weighted by molar-refractivity contribution is 0.297. The van der Waals surface area contributed by atoms with Crippen molar-refractivity contribution in [2.45, 2.75) is 36.6 Å². The van der Waals surface area contributed by atoms with E-state index >= 15 is 0 Å². The van der Waals surface area contributed by atoms with Crippen LogP contribution >= 0.6 is 12.4 Å². The zero-order valence-electron chi connectivity index (χ0n) is 13.1. The third-order valence-corrected chi connectivity index (χ3v) is 5.91. The average molecular weight is 363 g/mol. The molecule has 0 amide bonds. The van der Waals surface area contributed by atoms with Gasteiger partial charge in [-0.2, -0.15) is 0 Å². The lowest BCUT2D eigenvalue weighted by Crippen LogP contribution is -2.52. The second-order valence-electron chi connectivity index (χ2n) is 6.16. The molecule has 1 heterocycles. The molecule has 1 fully saturated rings. The normalized spacial score (nSPS) is 20.1. The SMILES string of the molecule is CC(CN)(NS(=O)(=O)c1ccc2c(c1)OCCCO2)C1CC1.Cl. The number of hydrogen-bond acceptors (Lipinski definition) is 5. The van der Waals surface area contributed by atoms with E-state index in [0.717, 1.165) is 19.3 Å². The Labute approximate surface area is 143 Å². The molecule has 1 atom stereocenters. The molecular weight excluding hydrogens is 340 g/mol. The molecule has 0 spiro atoms. The van der Waals surface area contributed by atoms with Crippen molar-refractivity contribution in [2.75, 3.05) is 19.8 Å². The summed E-state index contributed by atoms with van der Waals surface area (Å²) >= 11 is 0. The lowest BCUT2D eigenvalue weighted by atomic mass is 9.98. The number of sulfonamides is 1. The number of nitrogens with one attached hydrogen (secondary N) is 1. The average Bonchev–Trinajstić information content (AvgIpc) is 3.32. The minimum Gasteiger partial charge on any atom is -0.490 e. The van der Waals surface area contributed by atoms with E-state index in [4.69, 9.17) is 15.2 Å². The number of benzene rings is 1. The Morgan fingerprint density at radius 2 is 1.91 bits per heavy atom. The van der Waals surface area contributed by atoms with E-state index in [1.165, 1.54) is 6.07 Å². The van der Waals surface area contributed by atoms with Gasteiger partial charge in [0.05, 0.1) is 18.1 Å². The van der Waals surface area contributed by atoms with Crippen LogP contribution in [-0.4, -0.2) is 33.7 Å². The fraction of sp³-hybridized carbons (Fsp3) is 0.600. The highest BCUT2D eigenvalue weighted by Gasteiger charge is 2.43. The molecule has 0 aromatic heterocycles. The lowest BCUT2D eigenvalue weighted by Gasteiger charge is -2.29. The Balaban J connectivity index is 0.00000192. The van der Waals surface area contributed by atoms with Crippen LogP contribution in [0.15, 0.2) is 23.1 Å². The Bertz CT molecular complexity index is 663. The summed E-state index contributed by atoms with van der Waals surface area (Å²) in [6.45, 7) is 3.24. The van der Waals surface area contributed by atoms with Crippen LogP contribution in [-0.2, 0) is 10.0 Å². The standard InChI is InChI=1S/C15H22N2O4S.ClH/c1-15(10-16,11-3-4-11)17-22(18,19)12-5-6-13-14(9-12)21-8-2-7-20-13;/h5-6,9,11,17H,2-4,7-8,10,16H2,1H3;1H. The first kappa shape index (κ1) is 18.3. The second-order valence-corrected chi connectivity index (χ2v) is 7.84. The Hall–Kier alpha value is -1.02. The molecule has 0 bridgehead atoms. The van der Waals surface area contributed by atoms with Crippen molar-refractivity contribution >= 4 is 22.4 Å². The van der Waals surface area contributed by atoms with Gasteiger partial charge in [-0.25, -0.2) is 13.1 Å². The van der Waals surface area contributed by atoms with E-state index in [-0.39, 0.29) is 23.8 Å². The number of rotatable bonds is 5. The summed E-state index contributed by atoms with van der Waals surface area (Å²) in [4.78, 5) is 0.178. The summed E-state index contributed by atoms with van der Waals surface area (Å²) in [7, 11) is -3.65. The third kappa shape index (κ3) is 3.91. The van der Waals surface area contributed by atoms with Crippen molar-refractivity contribution < 1.29 is 17.9 Å². The van der Waals surface area contributed by atoms with Gasteiger partial charge in [-0.05, 0) is 37.8 Å². The Morgan fingerprint density at radius 1 is 1.26 bits per heavy atom. The van der Waals surface area contributed by atoms with E-state index in [1.54, 1.807) is 12.1 Å². The number of fused-ring (bicyclic) bond motifs is 1. The van der Waals surface area contributed by atoms with Gasteiger partial charge >= 0.3 is 0 Å². The maximum absolute atomic E-state index is 12.6. The first-order valence-electron chi connectivity index (χ1n) is 7.58. The van der Waals surface area contributed by atoms with Crippen LogP contribution in [0.5, 0.6) is 11.5 Å². The fourth-order valence-electron chi connectivity index (χ4n) is 2.69. The third-order valence-electron chi connectivity index (χ3n) is 4.30. The van der Waals surface area contributed by atoms with Gasteiger partial charge in [-0.15, -0.1) is 12.4 Å². The first-order chi connectivity index (χ1) is 10.4. The summed E-state index contributed by atoms with van der Waals surface area (Å²) in [6, 6.07) is 4.71. The van der Waals surface area contributed by atoms with E-state index in [1.807, 2.05) is 6.92 Å². The van der Waals surface area contributed by atoms with Gasteiger partial charge in [0.2, 0.25) is 10.0 Å². The summed E-state index contributed by atoms with van der Waals surface area (Å²) in [5, 5.41) is 0. The van der Waals surface area contributed by atoms with Gasteiger partial charge < -0.3 is 15.2 Å². The van der Waals surface area contributed by atoms with E-state index in [0.29, 0.717) is 30.6 Å². The zero-order valence-corrected chi connectivity index (χ0v) is 14.7. The number of hydrogen-bond donors (Lipinski definition) is 2. The van der Waals surface area contributed by atoms with Crippen LogP contribution in [0, 0.1) is 5.92 Å². The molecule has 3 N–H and O–H groups in total. The minimum absolute atomic E-state index is 0. The molecule has 0 saturated heterocycles. The predicted molar refractivity (Wildman–Crippen MR) is 89.8 cm³/mol. The predicted octanol–water partition coefficient (Wildman–Crippen LogP) is 1.68. The van der Waals surface area contributed by atoms with Crippen molar-refractivity contribution in [1.29, 1.82) is 0 Å². The highest BCUT2D eigenvalue weighted by molar-refractivity contribution is 7.89. The van der Waals surface area contributed by atoms with Crippen molar-refractivity contribution in [3.63, 3.8) is 0 Å². The molecule has 1 aromatic carbocycles. The van der Waals surface area contributed by atoms with Gasteiger partial charge in [0.1, 0.15) is 0 Å². The van der Waals surface area contributed by atoms with E-state index in [9.17, 15) is 8.42 Å². The summed E-state index contributed by atoms with van der Waals surface area (Å²) < 4.78 is 39.2. The van der Waals surface area contributed by atoms with E-state index < -0.39 is 15.6 Å². The molecule has 1 aliphatic heterocycles. The summed E-state index contributed by atoms with van der Waals surface area (Å²) in [5.74, 6) is 1.37. The number of ether oxygens (including phenoxy) is 2. The number of halogens is 1. The summed E-state index contributed by atoms with van der Waals surface area (Å²) in [5.41, 5.74) is 5.20. The molecule has 1 saturated carbocycles. The molecule has 23 heavy (non-hydrogen) atoms. The molecule has 2 aliphatic rings. The Kier molecular flexibility index (Phi) is 5.45. The quantitative estimate of drug-likeness (QED) is 0.831. The zero-order chi connectivity index (χ0) is 15.8. The maximum Gasteiger partial charge on any atom is 0.241 e. The summed E-state index contributed by atoms with van der Waals surface area (Å²) in [6.07, 6.45) is 2.80. The smallest absolute Gasteiger partial charge is 0.241 e. The molecule has 6 nitrogen and oxygen atoms in total. The Morgan fingerprint density at radius 3 is 2.52 bits per heavy atom. The number of nitrogens with two attached hydrogens (primary N) is 1.